The van der Waals surface area contributed by atoms with Gasteiger partial charge in [-0.25, -0.2) is 0 Å². The van der Waals surface area contributed by atoms with E-state index in [1.807, 2.05) is 0 Å². The molecule has 1 aliphatic heterocycles. The summed E-state index contributed by atoms with van der Waals surface area (Å²) in [5, 5.41) is 2.59. The molecule has 0 radical (unpaired) electrons. The van der Waals surface area contributed by atoms with E-state index in [1.54, 1.807) is 0 Å². The standard InChI is InChI=1S/C32H25N/c1-33-21-11-20-29-30(26-17-10-16-25(22-26)23-12-4-2-5-13-23)27-18-8-9-19-28(27)31(32(29)33)24-14-6-3-7-15-24/h2-20,22H,21H2,1H3. The maximum Gasteiger partial charge on any atom is 0.0532 e. The highest BCUT2D eigenvalue weighted by Gasteiger charge is 2.24. The van der Waals surface area contributed by atoms with E-state index in [-0.39, 0.29) is 0 Å². The van der Waals surface area contributed by atoms with E-state index in [0.717, 1.165) is 6.54 Å². The number of benzene rings is 5. The Morgan fingerprint density at radius 1 is 0.545 bits per heavy atom. The molecule has 1 nitrogen and oxygen atoms in total. The van der Waals surface area contributed by atoms with E-state index in [0.29, 0.717) is 0 Å². The Kier molecular flexibility index (Phi) is 4.81. The van der Waals surface area contributed by atoms with Gasteiger partial charge in [0.15, 0.2) is 0 Å². The van der Waals surface area contributed by atoms with E-state index in [9.17, 15) is 0 Å². The fourth-order valence-corrected chi connectivity index (χ4v) is 5.12. The summed E-state index contributed by atoms with van der Waals surface area (Å²) >= 11 is 0. The van der Waals surface area contributed by atoms with Gasteiger partial charge in [-0.2, -0.15) is 0 Å². The summed E-state index contributed by atoms with van der Waals surface area (Å²) in [7, 11) is 2.20. The Labute approximate surface area is 195 Å². The third kappa shape index (κ3) is 3.34. The number of nitrogens with zero attached hydrogens (tertiary/aromatic N) is 1. The minimum absolute atomic E-state index is 0.911. The van der Waals surface area contributed by atoms with E-state index in [4.69, 9.17) is 0 Å². The smallest absolute Gasteiger partial charge is 0.0532 e. The Morgan fingerprint density at radius 2 is 1.12 bits per heavy atom. The second-order valence-electron chi connectivity index (χ2n) is 8.65. The van der Waals surface area contributed by atoms with Crippen molar-refractivity contribution < 1.29 is 0 Å². The summed E-state index contributed by atoms with van der Waals surface area (Å²) in [5.41, 5.74) is 10.2. The first-order chi connectivity index (χ1) is 16.3. The second-order valence-corrected chi connectivity index (χ2v) is 8.65. The van der Waals surface area contributed by atoms with Gasteiger partial charge >= 0.3 is 0 Å². The molecule has 0 bridgehead atoms. The van der Waals surface area contributed by atoms with Gasteiger partial charge in [0.1, 0.15) is 0 Å². The molecule has 0 saturated heterocycles. The highest BCUT2D eigenvalue weighted by Crippen LogP contribution is 2.48. The van der Waals surface area contributed by atoms with Gasteiger partial charge in [0.25, 0.3) is 0 Å². The summed E-state index contributed by atoms with van der Waals surface area (Å²) in [6.07, 6.45) is 4.59. The van der Waals surface area contributed by atoms with Gasteiger partial charge in [0.05, 0.1) is 5.69 Å². The van der Waals surface area contributed by atoms with Gasteiger partial charge in [-0.05, 0) is 44.7 Å². The lowest BCUT2D eigenvalue weighted by atomic mass is 9.84. The fourth-order valence-electron chi connectivity index (χ4n) is 5.12. The maximum atomic E-state index is 2.38. The van der Waals surface area contributed by atoms with Crippen LogP contribution in [0, 0.1) is 0 Å². The molecule has 0 unspecified atom stereocenters. The number of hydrogen-bond donors (Lipinski definition) is 0. The normalized spacial score (nSPS) is 12.7. The van der Waals surface area contributed by atoms with Crippen molar-refractivity contribution in [1.29, 1.82) is 0 Å². The van der Waals surface area contributed by atoms with Gasteiger partial charge in [-0.1, -0.05) is 115 Å². The number of hydrogen-bond acceptors (Lipinski definition) is 1. The minimum atomic E-state index is 0.911. The first-order valence-corrected chi connectivity index (χ1v) is 11.5. The van der Waals surface area contributed by atoms with Crippen LogP contribution in [0.25, 0.3) is 50.2 Å². The number of likely N-dealkylation sites (N-methyl/N-ethyl adjacent to an activating group) is 1. The Hall–Kier alpha value is -4.10. The average molecular weight is 424 g/mol. The Balaban J connectivity index is 1.70. The lowest BCUT2D eigenvalue weighted by Crippen LogP contribution is -2.22. The van der Waals surface area contributed by atoms with Crippen molar-refractivity contribution in [2.75, 3.05) is 18.5 Å². The molecular formula is C32H25N. The molecule has 6 rings (SSSR count). The average Bonchev–Trinajstić information content (AvgIpc) is 2.88. The van der Waals surface area contributed by atoms with Crippen LogP contribution >= 0.6 is 0 Å². The molecule has 1 heterocycles. The summed E-state index contributed by atoms with van der Waals surface area (Å²) < 4.78 is 0. The van der Waals surface area contributed by atoms with Crippen molar-refractivity contribution in [1.82, 2.24) is 0 Å². The molecule has 1 heteroatoms. The molecular weight excluding hydrogens is 398 g/mol. The zero-order chi connectivity index (χ0) is 22.2. The maximum absolute atomic E-state index is 2.38. The number of anilines is 1. The van der Waals surface area contributed by atoms with Crippen LogP contribution in [0.3, 0.4) is 0 Å². The van der Waals surface area contributed by atoms with Crippen LogP contribution in [-0.2, 0) is 0 Å². The molecule has 0 atom stereocenters. The summed E-state index contributed by atoms with van der Waals surface area (Å²) in [5.74, 6) is 0. The summed E-state index contributed by atoms with van der Waals surface area (Å²) in [6, 6.07) is 39.3. The molecule has 0 N–H and O–H groups in total. The van der Waals surface area contributed by atoms with Gasteiger partial charge in [0, 0.05) is 24.7 Å². The number of rotatable bonds is 3. The Bertz CT molecular complexity index is 1480. The molecule has 158 valence electrons. The predicted octanol–water partition coefficient (Wildman–Crippen LogP) is 8.30. The molecule has 5 aromatic carbocycles. The molecule has 5 aromatic rings. The highest BCUT2D eigenvalue weighted by atomic mass is 15.1. The van der Waals surface area contributed by atoms with Crippen molar-refractivity contribution in [3.05, 3.63) is 121 Å². The van der Waals surface area contributed by atoms with Crippen LogP contribution < -0.4 is 4.90 Å². The van der Waals surface area contributed by atoms with Crippen molar-refractivity contribution in [3.8, 4) is 33.4 Å². The third-order valence-corrected chi connectivity index (χ3v) is 6.59. The van der Waals surface area contributed by atoms with Crippen LogP contribution in [0.15, 0.2) is 115 Å². The SMILES string of the molecule is CN1CC=Cc2c1c(-c1ccccc1)c1ccccc1c2-c1cccc(-c2ccccc2)c1. The molecule has 0 aliphatic carbocycles. The zero-order valence-electron chi connectivity index (χ0n) is 18.7. The molecule has 1 aliphatic rings. The van der Waals surface area contributed by atoms with Crippen molar-refractivity contribution in [2.24, 2.45) is 0 Å². The lowest BCUT2D eigenvalue weighted by Gasteiger charge is -2.30. The Morgan fingerprint density at radius 3 is 1.85 bits per heavy atom. The highest BCUT2D eigenvalue weighted by molar-refractivity contribution is 6.14. The molecule has 0 amide bonds. The van der Waals surface area contributed by atoms with Crippen LogP contribution in [0.5, 0.6) is 0 Å². The molecule has 0 saturated carbocycles. The monoisotopic (exact) mass is 423 g/mol. The first-order valence-electron chi connectivity index (χ1n) is 11.5. The van der Waals surface area contributed by atoms with E-state index in [2.05, 4.69) is 133 Å². The lowest BCUT2D eigenvalue weighted by molar-refractivity contribution is 1.02. The van der Waals surface area contributed by atoms with Crippen molar-refractivity contribution >= 4 is 22.5 Å². The molecule has 0 spiro atoms. The molecule has 0 fully saturated rings. The van der Waals surface area contributed by atoms with Gasteiger partial charge in [-0.15, -0.1) is 0 Å². The molecule has 33 heavy (non-hydrogen) atoms. The van der Waals surface area contributed by atoms with Gasteiger partial charge in [-0.3, -0.25) is 0 Å². The van der Waals surface area contributed by atoms with Gasteiger partial charge in [0.2, 0.25) is 0 Å². The van der Waals surface area contributed by atoms with E-state index in [1.165, 1.54) is 55.4 Å². The topological polar surface area (TPSA) is 3.24 Å². The third-order valence-electron chi connectivity index (χ3n) is 6.59. The fraction of sp³-hybridized carbons (Fsp3) is 0.0625. The summed E-state index contributed by atoms with van der Waals surface area (Å²) in [6.45, 7) is 0.911. The first kappa shape index (κ1) is 19.6. The van der Waals surface area contributed by atoms with Crippen molar-refractivity contribution in [3.63, 3.8) is 0 Å². The predicted molar refractivity (Wildman–Crippen MR) is 143 cm³/mol. The molecule has 0 aromatic heterocycles. The van der Waals surface area contributed by atoms with Gasteiger partial charge < -0.3 is 4.90 Å². The summed E-state index contributed by atoms with van der Waals surface area (Å²) in [4.78, 5) is 2.38. The van der Waals surface area contributed by atoms with Crippen LogP contribution in [0.1, 0.15) is 5.56 Å². The second kappa shape index (κ2) is 8.11. The largest absolute Gasteiger partial charge is 0.370 e. The van der Waals surface area contributed by atoms with Crippen LogP contribution in [0.2, 0.25) is 0 Å². The van der Waals surface area contributed by atoms with Crippen LogP contribution in [0.4, 0.5) is 5.69 Å². The van der Waals surface area contributed by atoms with E-state index < -0.39 is 0 Å². The zero-order valence-corrected chi connectivity index (χ0v) is 18.7. The van der Waals surface area contributed by atoms with E-state index >= 15 is 0 Å². The quantitative estimate of drug-likeness (QED) is 0.282. The number of fused-ring (bicyclic) bond motifs is 2. The minimum Gasteiger partial charge on any atom is -0.370 e. The van der Waals surface area contributed by atoms with Crippen LogP contribution in [-0.4, -0.2) is 13.6 Å². The van der Waals surface area contributed by atoms with Crippen molar-refractivity contribution in [2.45, 2.75) is 0 Å².